The number of para-hydroxylation sites is 1. The lowest BCUT2D eigenvalue weighted by atomic mass is 9.85. The van der Waals surface area contributed by atoms with Gasteiger partial charge in [0.25, 0.3) is 0 Å². The maximum atomic E-state index is 12.4. The van der Waals surface area contributed by atoms with Crippen molar-refractivity contribution in [2.75, 3.05) is 23.3 Å². The van der Waals surface area contributed by atoms with Crippen LogP contribution in [0.25, 0.3) is 0 Å². The number of hydrogen-bond acceptors (Lipinski definition) is 4. The zero-order valence-corrected chi connectivity index (χ0v) is 16.2. The molecule has 1 unspecified atom stereocenters. The van der Waals surface area contributed by atoms with Gasteiger partial charge in [0.15, 0.2) is 0 Å². The average molecular weight is 400 g/mol. The van der Waals surface area contributed by atoms with Crippen LogP contribution in [-0.4, -0.2) is 30.0 Å². The van der Waals surface area contributed by atoms with Crippen LogP contribution in [0.1, 0.15) is 23.5 Å². The quantitative estimate of drug-likeness (QED) is 0.696. The van der Waals surface area contributed by atoms with Crippen molar-refractivity contribution in [1.29, 1.82) is 0 Å². The number of ether oxygens (including phenoxy) is 1. The molecule has 2 aromatic carbocycles. The Hall–Kier alpha value is -3.87. The van der Waals surface area contributed by atoms with Crippen LogP contribution < -0.4 is 20.3 Å². The van der Waals surface area contributed by atoms with E-state index in [-0.39, 0.29) is 17.9 Å². The molecule has 1 fully saturated rings. The minimum atomic E-state index is -0.119. The highest BCUT2D eigenvalue weighted by atomic mass is 16.5. The summed E-state index contributed by atoms with van der Waals surface area (Å²) in [6, 6.07) is 18.9. The fourth-order valence-electron chi connectivity index (χ4n) is 3.90. The minimum Gasteiger partial charge on any atom is -0.439 e. The van der Waals surface area contributed by atoms with E-state index in [1.165, 1.54) is 0 Å². The number of rotatable bonds is 4. The molecule has 3 aromatic rings. The summed E-state index contributed by atoms with van der Waals surface area (Å²) in [5.74, 6) is 1.06. The van der Waals surface area contributed by atoms with E-state index >= 15 is 0 Å². The molecule has 2 aliphatic rings. The number of anilines is 2. The summed E-state index contributed by atoms with van der Waals surface area (Å²) in [4.78, 5) is 30.4. The van der Waals surface area contributed by atoms with Crippen molar-refractivity contribution in [3.8, 4) is 11.6 Å². The Morgan fingerprint density at radius 1 is 1.03 bits per heavy atom. The highest BCUT2D eigenvalue weighted by Crippen LogP contribution is 2.39. The van der Waals surface area contributed by atoms with Crippen LogP contribution in [0.4, 0.5) is 16.2 Å². The Kier molecular flexibility index (Phi) is 4.55. The van der Waals surface area contributed by atoms with Crippen LogP contribution in [0.15, 0.2) is 66.9 Å². The molecule has 0 bridgehead atoms. The largest absolute Gasteiger partial charge is 0.439 e. The van der Waals surface area contributed by atoms with Gasteiger partial charge in [0, 0.05) is 49.1 Å². The number of nitrogens with zero attached hydrogens (tertiary/aromatic N) is 2. The molecule has 2 N–H and O–H groups in total. The molecule has 3 heterocycles. The molecular weight excluding hydrogens is 380 g/mol. The zero-order valence-electron chi connectivity index (χ0n) is 16.2. The summed E-state index contributed by atoms with van der Waals surface area (Å²) in [5, 5.41) is 5.73. The van der Waals surface area contributed by atoms with Gasteiger partial charge < -0.3 is 15.4 Å². The number of urea groups is 1. The molecule has 150 valence electrons. The van der Waals surface area contributed by atoms with Crippen molar-refractivity contribution in [3.05, 3.63) is 78.0 Å². The van der Waals surface area contributed by atoms with E-state index < -0.39 is 0 Å². The number of hydrogen-bond donors (Lipinski definition) is 2. The zero-order chi connectivity index (χ0) is 20.5. The summed E-state index contributed by atoms with van der Waals surface area (Å²) in [6.07, 6.45) is 2.10. The number of amides is 3. The molecule has 7 nitrogen and oxygen atoms in total. The van der Waals surface area contributed by atoms with Crippen molar-refractivity contribution in [3.63, 3.8) is 0 Å². The molecule has 0 saturated carbocycles. The van der Waals surface area contributed by atoms with Crippen LogP contribution in [0, 0.1) is 0 Å². The van der Waals surface area contributed by atoms with Crippen molar-refractivity contribution >= 4 is 23.3 Å². The molecule has 1 saturated heterocycles. The third-order valence-electron chi connectivity index (χ3n) is 5.37. The molecule has 0 aliphatic carbocycles. The van der Waals surface area contributed by atoms with E-state index in [4.69, 9.17) is 4.74 Å². The highest BCUT2D eigenvalue weighted by molar-refractivity contribution is 5.98. The number of fused-ring (bicyclic) bond motifs is 1. The normalized spacial score (nSPS) is 17.9. The number of pyridine rings is 1. The second-order valence-corrected chi connectivity index (χ2v) is 7.30. The summed E-state index contributed by atoms with van der Waals surface area (Å²) in [6.45, 7) is 1.23. The van der Waals surface area contributed by atoms with Crippen LogP contribution in [-0.2, 0) is 4.79 Å². The fourth-order valence-corrected chi connectivity index (χ4v) is 3.90. The molecule has 7 heteroatoms. The van der Waals surface area contributed by atoms with Gasteiger partial charge in [-0.3, -0.25) is 9.69 Å². The molecule has 0 spiro atoms. The third-order valence-corrected chi connectivity index (χ3v) is 5.37. The van der Waals surface area contributed by atoms with Crippen molar-refractivity contribution < 1.29 is 14.3 Å². The maximum absolute atomic E-state index is 12.4. The number of benzene rings is 2. The van der Waals surface area contributed by atoms with Gasteiger partial charge in [0.2, 0.25) is 11.8 Å². The summed E-state index contributed by atoms with van der Waals surface area (Å²) in [5.41, 5.74) is 3.46. The van der Waals surface area contributed by atoms with Gasteiger partial charge in [-0.05, 0) is 35.4 Å². The Morgan fingerprint density at radius 2 is 1.90 bits per heavy atom. The second-order valence-electron chi connectivity index (χ2n) is 7.30. The molecule has 5 rings (SSSR count). The van der Waals surface area contributed by atoms with Crippen LogP contribution >= 0.6 is 0 Å². The Morgan fingerprint density at radius 3 is 2.63 bits per heavy atom. The van der Waals surface area contributed by atoms with Crippen LogP contribution in [0.2, 0.25) is 0 Å². The van der Waals surface area contributed by atoms with Gasteiger partial charge in [0.05, 0.1) is 0 Å². The molecule has 0 radical (unpaired) electrons. The van der Waals surface area contributed by atoms with Gasteiger partial charge in [-0.25, -0.2) is 9.78 Å². The molecule has 2 aliphatic heterocycles. The smallest absolute Gasteiger partial charge is 0.321 e. The van der Waals surface area contributed by atoms with Crippen molar-refractivity contribution in [2.24, 2.45) is 0 Å². The lowest BCUT2D eigenvalue weighted by molar-refractivity contribution is -0.116. The van der Waals surface area contributed by atoms with Gasteiger partial charge in [0.1, 0.15) is 5.75 Å². The first-order chi connectivity index (χ1) is 14.7. The summed E-state index contributed by atoms with van der Waals surface area (Å²) >= 11 is 0. The first kappa shape index (κ1) is 18.2. The van der Waals surface area contributed by atoms with E-state index in [0.717, 1.165) is 28.3 Å². The Balaban J connectivity index is 1.41. The predicted molar refractivity (Wildman–Crippen MR) is 113 cm³/mol. The summed E-state index contributed by atoms with van der Waals surface area (Å²) in [7, 11) is 0. The lowest BCUT2D eigenvalue weighted by Gasteiger charge is -2.27. The van der Waals surface area contributed by atoms with Crippen molar-refractivity contribution in [2.45, 2.75) is 12.3 Å². The Labute approximate surface area is 173 Å². The lowest BCUT2D eigenvalue weighted by Crippen LogP contribution is -2.28. The van der Waals surface area contributed by atoms with Crippen LogP contribution in [0.5, 0.6) is 11.6 Å². The van der Waals surface area contributed by atoms with Crippen molar-refractivity contribution in [1.82, 2.24) is 10.3 Å². The highest BCUT2D eigenvalue weighted by Gasteiger charge is 2.29. The third kappa shape index (κ3) is 3.45. The molecule has 1 atom stereocenters. The van der Waals surface area contributed by atoms with Crippen LogP contribution in [0.3, 0.4) is 0 Å². The standard InChI is InChI=1S/C23H20N4O3/c28-21-13-19(15-6-9-22(25-14-15)30-17-4-2-1-3-5-17)18-8-7-16(12-20(18)26-21)27-11-10-24-23(27)29/h1-9,12,14,19H,10-11,13H2,(H,24,29)(H,26,28). The van der Waals surface area contributed by atoms with E-state index in [2.05, 4.69) is 15.6 Å². The molecule has 3 amide bonds. The molecule has 1 aromatic heterocycles. The summed E-state index contributed by atoms with van der Waals surface area (Å²) < 4.78 is 5.76. The van der Waals surface area contributed by atoms with E-state index in [9.17, 15) is 9.59 Å². The van der Waals surface area contributed by atoms with Gasteiger partial charge >= 0.3 is 6.03 Å². The van der Waals surface area contributed by atoms with E-state index in [0.29, 0.717) is 25.4 Å². The second kappa shape index (κ2) is 7.51. The molecule has 30 heavy (non-hydrogen) atoms. The first-order valence-electron chi connectivity index (χ1n) is 9.85. The monoisotopic (exact) mass is 400 g/mol. The van der Waals surface area contributed by atoms with E-state index in [1.807, 2.05) is 60.7 Å². The number of aromatic nitrogens is 1. The maximum Gasteiger partial charge on any atom is 0.321 e. The van der Waals surface area contributed by atoms with E-state index in [1.54, 1.807) is 11.1 Å². The SMILES string of the molecule is O=C1CC(c2ccc(Oc3ccccc3)nc2)c2ccc(N3CCNC3=O)cc2N1. The van der Waals surface area contributed by atoms with Gasteiger partial charge in [-0.15, -0.1) is 0 Å². The number of carbonyl (C=O) groups is 2. The average Bonchev–Trinajstić information content (AvgIpc) is 3.20. The Bertz CT molecular complexity index is 1100. The first-order valence-corrected chi connectivity index (χ1v) is 9.85. The van der Waals surface area contributed by atoms with Gasteiger partial charge in [-0.1, -0.05) is 30.3 Å². The minimum absolute atomic E-state index is 0.0554. The number of nitrogens with one attached hydrogen (secondary N) is 2. The fraction of sp³-hybridized carbons (Fsp3) is 0.174. The van der Waals surface area contributed by atoms with Gasteiger partial charge in [-0.2, -0.15) is 0 Å². The molecular formula is C23H20N4O3. The number of carbonyl (C=O) groups excluding carboxylic acids is 2. The topological polar surface area (TPSA) is 83.6 Å². The predicted octanol–water partition coefficient (Wildman–Crippen LogP) is 3.88.